The van der Waals surface area contributed by atoms with E-state index < -0.39 is 17.0 Å². The molecule has 2 aliphatic heterocycles. The number of hydrogen-bond acceptors (Lipinski definition) is 8. The minimum Gasteiger partial charge on any atom is -0.444 e. The van der Waals surface area contributed by atoms with Gasteiger partial charge in [0.25, 0.3) is 0 Å². The summed E-state index contributed by atoms with van der Waals surface area (Å²) in [4.78, 5) is 25.0. The summed E-state index contributed by atoms with van der Waals surface area (Å²) in [5.41, 5.74) is -0.860. The second kappa shape index (κ2) is 9.43. The van der Waals surface area contributed by atoms with E-state index >= 15 is 0 Å². The van der Waals surface area contributed by atoms with Crippen molar-refractivity contribution in [2.24, 2.45) is 0 Å². The molecule has 2 aliphatic rings. The molecule has 4 rings (SSSR count). The number of nitriles is 1. The Balaban J connectivity index is 1.44. The lowest BCUT2D eigenvalue weighted by Crippen LogP contribution is -2.58. The topological polar surface area (TPSA) is 101 Å². The number of nitrogens with zero attached hydrogens (tertiary/aromatic N) is 5. The molecule has 9 nitrogen and oxygen atoms in total. The Morgan fingerprint density at radius 3 is 2.65 bits per heavy atom. The first-order valence-electron chi connectivity index (χ1n) is 11.2. The van der Waals surface area contributed by atoms with Crippen molar-refractivity contribution in [2.45, 2.75) is 44.8 Å². The first-order valence-corrected chi connectivity index (χ1v) is 11.2. The van der Waals surface area contributed by atoms with Crippen molar-refractivity contribution in [1.29, 1.82) is 5.26 Å². The molecule has 0 atom stereocenters. The highest BCUT2D eigenvalue weighted by Gasteiger charge is 2.42. The third-order valence-corrected chi connectivity index (χ3v) is 5.68. The number of aromatic nitrogens is 2. The Morgan fingerprint density at radius 1 is 1.21 bits per heavy atom. The van der Waals surface area contributed by atoms with Crippen molar-refractivity contribution < 1.29 is 23.4 Å². The van der Waals surface area contributed by atoms with E-state index in [1.165, 1.54) is 24.3 Å². The van der Waals surface area contributed by atoms with Crippen molar-refractivity contribution in [2.75, 3.05) is 37.7 Å². The first-order chi connectivity index (χ1) is 16.1. The third-order valence-electron chi connectivity index (χ3n) is 5.68. The second-order valence-corrected chi connectivity index (χ2v) is 9.48. The highest BCUT2D eigenvalue weighted by Crippen LogP contribution is 2.33. The molecular formula is C24H28FN5O4. The van der Waals surface area contributed by atoms with Crippen LogP contribution in [0.3, 0.4) is 0 Å². The van der Waals surface area contributed by atoms with E-state index in [-0.39, 0.29) is 23.4 Å². The predicted molar refractivity (Wildman–Crippen MR) is 121 cm³/mol. The Bertz CT molecular complexity index is 1090. The minimum absolute atomic E-state index is 0.154. The number of carbonyl (C=O) groups excluding carboxylic acids is 1. The van der Waals surface area contributed by atoms with E-state index in [2.05, 4.69) is 9.97 Å². The zero-order valence-corrected chi connectivity index (χ0v) is 19.6. The van der Waals surface area contributed by atoms with Gasteiger partial charge in [0.2, 0.25) is 11.8 Å². The van der Waals surface area contributed by atoms with E-state index in [0.717, 1.165) is 0 Å². The molecule has 180 valence electrons. The Labute approximate surface area is 198 Å². The van der Waals surface area contributed by atoms with E-state index in [1.807, 2.05) is 31.7 Å². The number of carbonyl (C=O) groups is 1. The van der Waals surface area contributed by atoms with Crippen LogP contribution in [0.25, 0.3) is 0 Å². The Hall–Kier alpha value is -3.45. The molecule has 0 saturated carbocycles. The fraction of sp³-hybridized carbons (Fsp3) is 0.500. The molecule has 3 heterocycles. The molecule has 0 radical (unpaired) electrons. The molecule has 2 aromatic rings. The molecule has 2 fully saturated rings. The molecular weight excluding hydrogens is 441 g/mol. The monoisotopic (exact) mass is 469 g/mol. The number of hydrogen-bond donors (Lipinski definition) is 0. The summed E-state index contributed by atoms with van der Waals surface area (Å²) in [5, 5.41) is 9.41. The van der Waals surface area contributed by atoms with Crippen LogP contribution in [0.5, 0.6) is 11.6 Å². The van der Waals surface area contributed by atoms with Gasteiger partial charge in [-0.3, -0.25) is 0 Å². The molecule has 1 aromatic heterocycles. The summed E-state index contributed by atoms with van der Waals surface area (Å²) in [6, 6.07) is 9.15. The van der Waals surface area contributed by atoms with Crippen molar-refractivity contribution in [3.05, 3.63) is 41.8 Å². The highest BCUT2D eigenvalue weighted by atomic mass is 19.1. The lowest BCUT2D eigenvalue weighted by molar-refractivity contribution is -0.119. The molecule has 0 bridgehead atoms. The molecule has 34 heavy (non-hydrogen) atoms. The van der Waals surface area contributed by atoms with Gasteiger partial charge in [-0.1, -0.05) is 6.07 Å². The van der Waals surface area contributed by atoms with Crippen molar-refractivity contribution in [3.63, 3.8) is 0 Å². The van der Waals surface area contributed by atoms with Gasteiger partial charge in [-0.05, 0) is 45.7 Å². The van der Waals surface area contributed by atoms with Crippen molar-refractivity contribution >= 4 is 12.0 Å². The predicted octanol–water partition coefficient (Wildman–Crippen LogP) is 3.89. The fourth-order valence-corrected chi connectivity index (χ4v) is 4.06. The van der Waals surface area contributed by atoms with Crippen molar-refractivity contribution in [1.82, 2.24) is 14.9 Å². The van der Waals surface area contributed by atoms with E-state index in [0.29, 0.717) is 51.6 Å². The molecule has 0 unspecified atom stereocenters. The number of halogens is 1. The molecule has 10 heteroatoms. The summed E-state index contributed by atoms with van der Waals surface area (Å²) in [7, 11) is 0. The maximum atomic E-state index is 13.5. The van der Waals surface area contributed by atoms with Gasteiger partial charge in [-0.2, -0.15) is 10.2 Å². The van der Waals surface area contributed by atoms with Crippen LogP contribution in [-0.2, 0) is 9.47 Å². The van der Waals surface area contributed by atoms with Gasteiger partial charge in [-0.15, -0.1) is 0 Å². The van der Waals surface area contributed by atoms with Crippen LogP contribution < -0.4 is 9.64 Å². The largest absolute Gasteiger partial charge is 0.444 e. The van der Waals surface area contributed by atoms with Gasteiger partial charge in [0.1, 0.15) is 28.9 Å². The average Bonchev–Trinajstić information content (AvgIpc) is 2.78. The van der Waals surface area contributed by atoms with Gasteiger partial charge >= 0.3 is 6.09 Å². The SMILES string of the molecule is CC(C)(C)OC(=O)N1CCOC2(CCN(c3nc(C#N)cc(Oc4cccc(F)c4)n3)CC2)C1. The summed E-state index contributed by atoms with van der Waals surface area (Å²) in [6.45, 7) is 8.11. The number of morpholine rings is 1. The van der Waals surface area contributed by atoms with Crippen LogP contribution in [-0.4, -0.2) is 64.9 Å². The maximum absolute atomic E-state index is 13.5. The van der Waals surface area contributed by atoms with Gasteiger partial charge in [0.05, 0.1) is 18.8 Å². The van der Waals surface area contributed by atoms with E-state index in [9.17, 15) is 14.4 Å². The van der Waals surface area contributed by atoms with Gasteiger partial charge in [-0.25, -0.2) is 14.2 Å². The molecule has 1 spiro atoms. The fourth-order valence-electron chi connectivity index (χ4n) is 4.06. The molecule has 1 amide bonds. The smallest absolute Gasteiger partial charge is 0.410 e. The number of ether oxygens (including phenoxy) is 3. The van der Waals surface area contributed by atoms with E-state index in [4.69, 9.17) is 14.2 Å². The van der Waals surface area contributed by atoms with Crippen LogP contribution in [0.15, 0.2) is 30.3 Å². The normalized spacial score (nSPS) is 17.9. The number of amides is 1. The zero-order valence-electron chi connectivity index (χ0n) is 19.6. The standard InChI is InChI=1S/C24H28FN5O4/c1-23(2,3)34-22(31)30-11-12-32-24(16-30)7-9-29(10-8-24)21-27-18(15-26)14-20(28-21)33-19-6-4-5-17(25)13-19/h4-6,13-14H,7-12,16H2,1-3H3. The summed E-state index contributed by atoms with van der Waals surface area (Å²) in [5.74, 6) is 0.378. The van der Waals surface area contributed by atoms with Crippen LogP contribution in [0.1, 0.15) is 39.3 Å². The molecule has 1 aromatic carbocycles. The van der Waals surface area contributed by atoms with Crippen LogP contribution in [0.2, 0.25) is 0 Å². The van der Waals surface area contributed by atoms with Crippen LogP contribution >= 0.6 is 0 Å². The third kappa shape index (κ3) is 5.72. The first kappa shape index (κ1) is 23.7. The number of anilines is 1. The van der Waals surface area contributed by atoms with Gasteiger partial charge in [0.15, 0.2) is 0 Å². The zero-order chi connectivity index (χ0) is 24.3. The van der Waals surface area contributed by atoms with Gasteiger partial charge in [0, 0.05) is 31.8 Å². The number of rotatable bonds is 3. The highest BCUT2D eigenvalue weighted by molar-refractivity contribution is 5.68. The molecule has 0 aliphatic carbocycles. The number of benzene rings is 1. The minimum atomic E-state index is -0.555. The quantitative estimate of drug-likeness (QED) is 0.668. The Morgan fingerprint density at radius 2 is 1.97 bits per heavy atom. The Kier molecular flexibility index (Phi) is 6.57. The van der Waals surface area contributed by atoms with Crippen molar-refractivity contribution in [3.8, 4) is 17.7 Å². The molecule has 0 N–H and O–H groups in total. The summed E-state index contributed by atoms with van der Waals surface area (Å²) in [6.07, 6.45) is 0.987. The maximum Gasteiger partial charge on any atom is 0.410 e. The second-order valence-electron chi connectivity index (χ2n) is 9.48. The summed E-state index contributed by atoms with van der Waals surface area (Å²) >= 11 is 0. The molecule has 2 saturated heterocycles. The van der Waals surface area contributed by atoms with Gasteiger partial charge < -0.3 is 24.0 Å². The number of piperidine rings is 1. The lowest BCUT2D eigenvalue weighted by atomic mass is 9.89. The summed E-state index contributed by atoms with van der Waals surface area (Å²) < 4.78 is 30.8. The average molecular weight is 470 g/mol. The van der Waals surface area contributed by atoms with E-state index in [1.54, 1.807) is 11.0 Å². The van der Waals surface area contributed by atoms with Crippen LogP contribution in [0.4, 0.5) is 15.1 Å². The lowest BCUT2D eigenvalue weighted by Gasteiger charge is -2.47. The van der Waals surface area contributed by atoms with Crippen LogP contribution in [0, 0.1) is 17.1 Å².